The minimum absolute atomic E-state index is 0.545. The maximum atomic E-state index is 4.56. The molecule has 1 aliphatic carbocycles. The lowest BCUT2D eigenvalue weighted by Gasteiger charge is -2.26. The van der Waals surface area contributed by atoms with Gasteiger partial charge in [-0.05, 0) is 12.8 Å². The van der Waals surface area contributed by atoms with Crippen molar-refractivity contribution in [2.24, 2.45) is 0 Å². The standard InChI is InChI=1S/C12H19N3S2/c1-8-11(17-5-4-16-8)12-14-7-10(15-12)6-13-9-2-3-9/h7-9,11,13H,2-6H2,1H3,(H,14,15). The molecule has 0 bridgehead atoms. The highest BCUT2D eigenvalue weighted by atomic mass is 32.2. The zero-order valence-electron chi connectivity index (χ0n) is 10.1. The number of rotatable bonds is 4. The van der Waals surface area contributed by atoms with Crippen molar-refractivity contribution in [1.29, 1.82) is 0 Å². The van der Waals surface area contributed by atoms with Crippen LogP contribution >= 0.6 is 23.5 Å². The van der Waals surface area contributed by atoms with Gasteiger partial charge in [0.25, 0.3) is 0 Å². The molecule has 2 N–H and O–H groups in total. The Morgan fingerprint density at radius 1 is 1.41 bits per heavy atom. The van der Waals surface area contributed by atoms with Crippen LogP contribution < -0.4 is 5.32 Å². The molecule has 1 aromatic heterocycles. The first-order valence-corrected chi connectivity index (χ1v) is 8.43. The molecule has 3 nitrogen and oxygen atoms in total. The molecule has 0 aromatic carbocycles. The van der Waals surface area contributed by atoms with Crippen LogP contribution in [-0.2, 0) is 6.54 Å². The van der Waals surface area contributed by atoms with Gasteiger partial charge in [0.1, 0.15) is 5.82 Å². The fourth-order valence-electron chi connectivity index (χ4n) is 2.09. The molecule has 5 heteroatoms. The third kappa shape index (κ3) is 3.01. The predicted octanol–water partition coefficient (Wildman–Crippen LogP) is 2.57. The summed E-state index contributed by atoms with van der Waals surface area (Å²) < 4.78 is 0. The molecule has 2 heterocycles. The number of nitrogens with zero attached hydrogens (tertiary/aromatic N) is 1. The topological polar surface area (TPSA) is 40.7 Å². The van der Waals surface area contributed by atoms with Crippen molar-refractivity contribution in [3.63, 3.8) is 0 Å². The molecular weight excluding hydrogens is 250 g/mol. The van der Waals surface area contributed by atoms with Crippen molar-refractivity contribution in [2.45, 2.75) is 42.9 Å². The highest BCUT2D eigenvalue weighted by Gasteiger charge is 2.26. The summed E-state index contributed by atoms with van der Waals surface area (Å²) in [4.78, 5) is 8.05. The van der Waals surface area contributed by atoms with Gasteiger partial charge in [0, 0.05) is 41.2 Å². The number of thioether (sulfide) groups is 2. The molecule has 1 saturated carbocycles. The molecule has 0 spiro atoms. The van der Waals surface area contributed by atoms with Crippen LogP contribution in [0.4, 0.5) is 0 Å². The maximum absolute atomic E-state index is 4.56. The number of nitrogens with one attached hydrogen (secondary N) is 2. The smallest absolute Gasteiger partial charge is 0.120 e. The van der Waals surface area contributed by atoms with Crippen LogP contribution in [-0.4, -0.2) is 32.8 Å². The van der Waals surface area contributed by atoms with E-state index in [-0.39, 0.29) is 0 Å². The highest BCUT2D eigenvalue weighted by Crippen LogP contribution is 2.41. The normalized spacial score (nSPS) is 29.5. The monoisotopic (exact) mass is 269 g/mol. The molecule has 1 aromatic rings. The van der Waals surface area contributed by atoms with E-state index in [2.05, 4.69) is 34.0 Å². The van der Waals surface area contributed by atoms with E-state index >= 15 is 0 Å². The van der Waals surface area contributed by atoms with Crippen LogP contribution in [0.25, 0.3) is 0 Å². The summed E-state index contributed by atoms with van der Waals surface area (Å²) in [5, 5.41) is 4.73. The first kappa shape index (κ1) is 11.9. The quantitative estimate of drug-likeness (QED) is 0.881. The molecule has 2 aliphatic rings. The van der Waals surface area contributed by atoms with E-state index < -0.39 is 0 Å². The summed E-state index contributed by atoms with van der Waals surface area (Å²) in [7, 11) is 0. The molecule has 0 amide bonds. The van der Waals surface area contributed by atoms with E-state index in [0.717, 1.165) is 12.6 Å². The van der Waals surface area contributed by atoms with Gasteiger partial charge in [0.15, 0.2) is 0 Å². The minimum atomic E-state index is 0.545. The molecule has 0 radical (unpaired) electrons. The Bertz CT molecular complexity index is 376. The van der Waals surface area contributed by atoms with E-state index in [9.17, 15) is 0 Å². The van der Waals surface area contributed by atoms with Crippen LogP contribution in [0.15, 0.2) is 6.20 Å². The van der Waals surface area contributed by atoms with E-state index in [1.807, 2.05) is 18.0 Å². The van der Waals surface area contributed by atoms with E-state index in [1.54, 1.807) is 0 Å². The first-order valence-electron chi connectivity index (χ1n) is 6.33. The Hall–Kier alpha value is -0.130. The predicted molar refractivity (Wildman–Crippen MR) is 75.6 cm³/mol. The van der Waals surface area contributed by atoms with Gasteiger partial charge in [-0.1, -0.05) is 6.92 Å². The lowest BCUT2D eigenvalue weighted by Crippen LogP contribution is -2.18. The Balaban J connectivity index is 1.61. The number of hydrogen-bond donors (Lipinski definition) is 2. The molecule has 3 rings (SSSR count). The highest BCUT2D eigenvalue weighted by molar-refractivity contribution is 8.06. The van der Waals surface area contributed by atoms with E-state index in [1.165, 1.54) is 35.9 Å². The van der Waals surface area contributed by atoms with Crippen molar-refractivity contribution >= 4 is 23.5 Å². The van der Waals surface area contributed by atoms with Crippen molar-refractivity contribution in [1.82, 2.24) is 15.3 Å². The van der Waals surface area contributed by atoms with Crippen molar-refractivity contribution in [2.75, 3.05) is 11.5 Å². The largest absolute Gasteiger partial charge is 0.344 e. The zero-order valence-corrected chi connectivity index (χ0v) is 11.7. The van der Waals surface area contributed by atoms with Gasteiger partial charge in [-0.3, -0.25) is 0 Å². The van der Waals surface area contributed by atoms with Crippen LogP contribution in [0, 0.1) is 0 Å². The summed E-state index contributed by atoms with van der Waals surface area (Å²) in [5.74, 6) is 3.69. The van der Waals surface area contributed by atoms with Crippen LogP contribution in [0.2, 0.25) is 0 Å². The summed E-state index contributed by atoms with van der Waals surface area (Å²) >= 11 is 4.10. The van der Waals surface area contributed by atoms with Gasteiger partial charge < -0.3 is 10.3 Å². The Morgan fingerprint density at radius 3 is 3.00 bits per heavy atom. The van der Waals surface area contributed by atoms with Gasteiger partial charge in [0.2, 0.25) is 0 Å². The van der Waals surface area contributed by atoms with Crippen LogP contribution in [0.1, 0.15) is 36.5 Å². The summed E-state index contributed by atoms with van der Waals surface area (Å²) in [5.41, 5.74) is 1.23. The minimum Gasteiger partial charge on any atom is -0.344 e. The van der Waals surface area contributed by atoms with Gasteiger partial charge in [0.05, 0.1) is 5.25 Å². The third-order valence-corrected chi connectivity index (χ3v) is 6.36. The maximum Gasteiger partial charge on any atom is 0.120 e. The van der Waals surface area contributed by atoms with Crippen LogP contribution in [0.5, 0.6) is 0 Å². The van der Waals surface area contributed by atoms with E-state index in [4.69, 9.17) is 0 Å². The van der Waals surface area contributed by atoms with Gasteiger partial charge in [-0.15, -0.1) is 11.8 Å². The van der Waals surface area contributed by atoms with Crippen molar-refractivity contribution in [3.8, 4) is 0 Å². The fourth-order valence-corrected chi connectivity index (χ4v) is 4.81. The molecule has 1 saturated heterocycles. The Morgan fingerprint density at radius 2 is 2.24 bits per heavy atom. The SMILES string of the molecule is CC1SCCSC1c1ncc(CNC2CC2)[nH]1. The second kappa shape index (κ2) is 5.24. The Kier molecular flexibility index (Phi) is 3.68. The second-order valence-corrected chi connectivity index (χ2v) is 7.55. The molecular formula is C12H19N3S2. The molecule has 1 aliphatic heterocycles. The number of hydrogen-bond acceptors (Lipinski definition) is 4. The van der Waals surface area contributed by atoms with Gasteiger partial charge in [-0.2, -0.15) is 11.8 Å². The van der Waals surface area contributed by atoms with Crippen molar-refractivity contribution in [3.05, 3.63) is 17.7 Å². The van der Waals surface area contributed by atoms with E-state index in [0.29, 0.717) is 10.5 Å². The van der Waals surface area contributed by atoms with Gasteiger partial charge in [-0.25, -0.2) is 4.98 Å². The van der Waals surface area contributed by atoms with Crippen molar-refractivity contribution < 1.29 is 0 Å². The fraction of sp³-hybridized carbons (Fsp3) is 0.750. The summed E-state index contributed by atoms with van der Waals surface area (Å²) in [6.07, 6.45) is 4.68. The summed E-state index contributed by atoms with van der Waals surface area (Å²) in [6, 6.07) is 0.764. The molecule has 17 heavy (non-hydrogen) atoms. The summed E-state index contributed by atoms with van der Waals surface area (Å²) in [6.45, 7) is 3.25. The number of aromatic nitrogens is 2. The second-order valence-electron chi connectivity index (χ2n) is 4.82. The lowest BCUT2D eigenvalue weighted by atomic mass is 10.3. The molecule has 2 fully saturated rings. The molecule has 94 valence electrons. The average molecular weight is 269 g/mol. The molecule has 2 unspecified atom stereocenters. The number of aromatic amines is 1. The zero-order chi connectivity index (χ0) is 11.7. The number of imidazole rings is 1. The average Bonchev–Trinajstić information content (AvgIpc) is 3.06. The van der Waals surface area contributed by atoms with Crippen LogP contribution in [0.3, 0.4) is 0 Å². The third-order valence-electron chi connectivity index (χ3n) is 3.26. The molecule has 2 atom stereocenters. The number of H-pyrrole nitrogens is 1. The Labute approximate surface area is 111 Å². The van der Waals surface area contributed by atoms with Gasteiger partial charge >= 0.3 is 0 Å². The lowest BCUT2D eigenvalue weighted by molar-refractivity contribution is 0.674. The first-order chi connectivity index (χ1) is 8.33.